The normalized spacial score (nSPS) is 14.9. The number of rotatable bonds is 3. The van der Waals surface area contributed by atoms with E-state index >= 15 is 0 Å². The van der Waals surface area contributed by atoms with Crippen molar-refractivity contribution >= 4 is 5.91 Å². The summed E-state index contributed by atoms with van der Waals surface area (Å²) < 4.78 is 5.25. The number of piperidine rings is 1. The van der Waals surface area contributed by atoms with E-state index in [1.54, 1.807) is 19.1 Å². The van der Waals surface area contributed by atoms with Crippen molar-refractivity contribution in [1.82, 2.24) is 10.2 Å². The minimum atomic E-state index is -0.119. The fourth-order valence-electron chi connectivity index (χ4n) is 2.61. The third-order valence-electron chi connectivity index (χ3n) is 3.95. The van der Waals surface area contributed by atoms with E-state index in [4.69, 9.17) is 4.74 Å². The van der Waals surface area contributed by atoms with Crippen molar-refractivity contribution in [2.24, 2.45) is 5.92 Å². The van der Waals surface area contributed by atoms with E-state index < -0.39 is 0 Å². The lowest BCUT2D eigenvalue weighted by Gasteiger charge is -2.18. The summed E-state index contributed by atoms with van der Waals surface area (Å²) in [6, 6.07) is 5.96. The minimum absolute atomic E-state index is 0.119. The van der Waals surface area contributed by atoms with Gasteiger partial charge in [0.05, 0.1) is 7.11 Å². The van der Waals surface area contributed by atoms with Crippen LogP contribution in [0.25, 0.3) is 0 Å². The van der Waals surface area contributed by atoms with Gasteiger partial charge in [-0.25, -0.2) is 0 Å². The number of carbonyl (C=O) groups excluding carboxylic acids is 1. The number of hydrogen-bond acceptors (Lipinski definition) is 3. The van der Waals surface area contributed by atoms with Gasteiger partial charge in [0.25, 0.3) is 5.91 Å². The van der Waals surface area contributed by atoms with Gasteiger partial charge in [0, 0.05) is 19.5 Å². The van der Waals surface area contributed by atoms with E-state index in [1.165, 1.54) is 0 Å². The highest BCUT2D eigenvalue weighted by molar-refractivity contribution is 5.93. The molecule has 0 atom stereocenters. The number of carbonyl (C=O) groups is 1. The quantitative estimate of drug-likeness (QED) is 0.868. The van der Waals surface area contributed by atoms with Gasteiger partial charge in [0.2, 0.25) is 0 Å². The maximum Gasteiger partial charge on any atom is 0.298 e. The van der Waals surface area contributed by atoms with Crippen LogP contribution < -0.4 is 10.1 Å². The smallest absolute Gasteiger partial charge is 0.298 e. The van der Waals surface area contributed by atoms with E-state index in [-0.39, 0.29) is 5.91 Å². The summed E-state index contributed by atoms with van der Waals surface area (Å²) in [5, 5.41) is 3.30. The summed E-state index contributed by atoms with van der Waals surface area (Å²) in [6.45, 7) is 4.55. The highest BCUT2D eigenvalue weighted by Crippen LogP contribution is 2.19. The lowest BCUT2D eigenvalue weighted by Crippen LogP contribution is -2.28. The topological polar surface area (TPSA) is 41.6 Å². The number of nitrogens with one attached hydrogen (secondary N) is 1. The minimum Gasteiger partial charge on any atom is -0.496 e. The molecule has 0 bridgehead atoms. The Morgan fingerprint density at radius 2 is 2.14 bits per heavy atom. The molecular weight excluding hydrogens is 276 g/mol. The van der Waals surface area contributed by atoms with Gasteiger partial charge in [-0.2, -0.15) is 0 Å². The van der Waals surface area contributed by atoms with Crippen LogP contribution in [0.15, 0.2) is 18.2 Å². The number of aryl methyl sites for hydroxylation is 1. The van der Waals surface area contributed by atoms with Crippen molar-refractivity contribution in [3.05, 3.63) is 29.3 Å². The monoisotopic (exact) mass is 300 g/mol. The second-order valence-corrected chi connectivity index (χ2v) is 5.76. The average Bonchev–Trinajstić information content (AvgIpc) is 2.53. The van der Waals surface area contributed by atoms with Gasteiger partial charge in [-0.3, -0.25) is 4.79 Å². The second kappa shape index (κ2) is 7.86. The molecule has 118 valence electrons. The lowest BCUT2D eigenvalue weighted by molar-refractivity contribution is -0.124. The third kappa shape index (κ3) is 4.51. The molecule has 4 heteroatoms. The van der Waals surface area contributed by atoms with Gasteiger partial charge in [-0.05, 0) is 56.0 Å². The van der Waals surface area contributed by atoms with Crippen LogP contribution in [0.1, 0.15) is 24.0 Å². The molecule has 0 unspecified atom stereocenters. The van der Waals surface area contributed by atoms with Gasteiger partial charge >= 0.3 is 0 Å². The lowest BCUT2D eigenvalue weighted by atomic mass is 9.99. The van der Waals surface area contributed by atoms with Crippen molar-refractivity contribution in [2.45, 2.75) is 26.3 Å². The van der Waals surface area contributed by atoms with Crippen LogP contribution in [-0.2, 0) is 11.3 Å². The molecule has 1 aromatic carbocycles. The molecule has 1 fully saturated rings. The summed E-state index contributed by atoms with van der Waals surface area (Å²) in [4.78, 5) is 13.8. The van der Waals surface area contributed by atoms with Crippen molar-refractivity contribution in [3.8, 4) is 17.6 Å². The molecule has 0 radical (unpaired) electrons. The molecular formula is C18H24N2O2. The Kier molecular flexibility index (Phi) is 5.85. The van der Waals surface area contributed by atoms with Crippen LogP contribution >= 0.6 is 0 Å². The Morgan fingerprint density at radius 1 is 1.41 bits per heavy atom. The summed E-state index contributed by atoms with van der Waals surface area (Å²) in [5.41, 5.74) is 2.15. The Balaban J connectivity index is 1.93. The highest BCUT2D eigenvalue weighted by atomic mass is 16.5. The maximum atomic E-state index is 12.1. The third-order valence-corrected chi connectivity index (χ3v) is 3.95. The van der Waals surface area contributed by atoms with E-state index in [0.29, 0.717) is 12.5 Å². The van der Waals surface area contributed by atoms with Crippen molar-refractivity contribution in [2.75, 3.05) is 27.2 Å². The number of amides is 1. The zero-order valence-corrected chi connectivity index (χ0v) is 13.6. The Bertz CT molecular complexity index is 580. The van der Waals surface area contributed by atoms with Gasteiger partial charge in [0.15, 0.2) is 0 Å². The number of methoxy groups -OCH3 is 1. The van der Waals surface area contributed by atoms with Crippen molar-refractivity contribution in [1.29, 1.82) is 0 Å². The first kappa shape index (κ1) is 16.4. The van der Waals surface area contributed by atoms with Crippen LogP contribution in [-0.4, -0.2) is 38.1 Å². The number of hydrogen-bond donors (Lipinski definition) is 1. The Hall–Kier alpha value is -1.99. The fourth-order valence-corrected chi connectivity index (χ4v) is 2.61. The molecule has 2 rings (SSSR count). The zero-order chi connectivity index (χ0) is 15.9. The molecule has 0 saturated carbocycles. The molecule has 1 amide bonds. The first-order valence-corrected chi connectivity index (χ1v) is 7.71. The van der Waals surface area contributed by atoms with Crippen molar-refractivity contribution in [3.63, 3.8) is 0 Å². The molecule has 1 saturated heterocycles. The molecule has 4 nitrogen and oxygen atoms in total. The Morgan fingerprint density at radius 3 is 2.77 bits per heavy atom. The zero-order valence-electron chi connectivity index (χ0n) is 13.6. The van der Waals surface area contributed by atoms with E-state index in [9.17, 15) is 4.79 Å². The van der Waals surface area contributed by atoms with Gasteiger partial charge < -0.3 is 15.0 Å². The van der Waals surface area contributed by atoms with E-state index in [2.05, 4.69) is 17.2 Å². The predicted octanol–water partition coefficient (Wildman–Crippen LogP) is 1.97. The molecule has 22 heavy (non-hydrogen) atoms. The van der Waals surface area contributed by atoms with Gasteiger partial charge in [-0.1, -0.05) is 18.1 Å². The van der Waals surface area contributed by atoms with Crippen LogP contribution in [0.4, 0.5) is 0 Å². The number of nitrogens with zero attached hydrogens (tertiary/aromatic N) is 1. The average molecular weight is 300 g/mol. The molecule has 1 aliphatic rings. The fraction of sp³-hybridized carbons (Fsp3) is 0.500. The summed E-state index contributed by atoms with van der Waals surface area (Å²) in [7, 11) is 3.45. The summed E-state index contributed by atoms with van der Waals surface area (Å²) in [6.07, 6.45) is 2.06. The largest absolute Gasteiger partial charge is 0.496 e. The van der Waals surface area contributed by atoms with Crippen LogP contribution in [0.5, 0.6) is 5.75 Å². The first-order chi connectivity index (χ1) is 10.6. The first-order valence-electron chi connectivity index (χ1n) is 7.71. The molecule has 0 spiro atoms. The molecule has 0 aromatic heterocycles. The molecule has 1 aromatic rings. The highest BCUT2D eigenvalue weighted by Gasteiger charge is 2.11. The number of ether oxygens (including phenoxy) is 1. The second-order valence-electron chi connectivity index (χ2n) is 5.76. The maximum absolute atomic E-state index is 12.1. The summed E-state index contributed by atoms with van der Waals surface area (Å²) >= 11 is 0. The summed E-state index contributed by atoms with van der Waals surface area (Å²) in [5.74, 6) is 7.01. The Labute approximate surface area is 132 Å². The van der Waals surface area contributed by atoms with Crippen LogP contribution in [0, 0.1) is 24.7 Å². The van der Waals surface area contributed by atoms with Gasteiger partial charge in [0.1, 0.15) is 5.75 Å². The van der Waals surface area contributed by atoms with Crippen molar-refractivity contribution < 1.29 is 9.53 Å². The molecule has 1 heterocycles. The van der Waals surface area contributed by atoms with Gasteiger partial charge in [-0.15, -0.1) is 0 Å². The van der Waals surface area contributed by atoms with Crippen LogP contribution in [0.3, 0.4) is 0 Å². The molecule has 1 N–H and O–H groups in total. The van der Waals surface area contributed by atoms with E-state index in [1.807, 2.05) is 25.1 Å². The molecule has 0 aliphatic carbocycles. The SMILES string of the molecule is COc1ccc(CN(C)C(=O)C#CC2CCNCC2)cc1C. The standard InChI is InChI=1S/C18H24N2O2/c1-14-12-16(4-6-17(14)22-3)13-20(2)18(21)7-5-15-8-10-19-11-9-15/h4,6,12,15,19H,8-11,13H2,1-3H3. The molecule has 1 aliphatic heterocycles. The predicted molar refractivity (Wildman–Crippen MR) is 87.6 cm³/mol. The van der Waals surface area contributed by atoms with Crippen LogP contribution in [0.2, 0.25) is 0 Å². The van der Waals surface area contributed by atoms with E-state index in [0.717, 1.165) is 42.8 Å². The number of benzene rings is 1.